The fourth-order valence-electron chi connectivity index (χ4n) is 3.55. The minimum atomic E-state index is -0.109. The predicted molar refractivity (Wildman–Crippen MR) is 117 cm³/mol. The molecule has 27 heavy (non-hydrogen) atoms. The molecule has 3 atom stereocenters. The molecule has 1 aliphatic rings. The Kier molecular flexibility index (Phi) is 6.91. The van der Waals surface area contributed by atoms with Crippen LogP contribution in [-0.4, -0.2) is 38.8 Å². The average molecular weight is 448 g/mol. The van der Waals surface area contributed by atoms with E-state index in [1.54, 1.807) is 7.11 Å². The molecule has 2 aromatic rings. The molecule has 0 bridgehead atoms. The van der Waals surface area contributed by atoms with Crippen molar-refractivity contribution in [3.05, 3.63) is 64.9 Å². The third-order valence-corrected chi connectivity index (χ3v) is 9.25. The van der Waals surface area contributed by atoms with Crippen LogP contribution >= 0.6 is 11.8 Å². The zero-order chi connectivity index (χ0) is 19.4. The van der Waals surface area contributed by atoms with Crippen LogP contribution in [0, 0.1) is 5.21 Å². The molecule has 5 heteroatoms. The van der Waals surface area contributed by atoms with Gasteiger partial charge < -0.3 is 0 Å². The van der Waals surface area contributed by atoms with Crippen molar-refractivity contribution in [1.82, 2.24) is 0 Å². The van der Waals surface area contributed by atoms with Gasteiger partial charge in [-0.05, 0) is 0 Å². The summed E-state index contributed by atoms with van der Waals surface area (Å²) in [6.07, 6.45) is 4.07. The standard InChI is InChI=1S/C22H27NO2SSe/c1-15-13-14-20(21(23(15)24)17-9-6-5-7-10-17)27-22-18(16(2)26-4)11-8-12-19(22)25-3/h5-12,16,20-21H,13-14H2,1-4H3/t16-,20?,21?/m0/s1. The van der Waals surface area contributed by atoms with Crippen LogP contribution < -0.4 is 9.20 Å². The van der Waals surface area contributed by atoms with Crippen LogP contribution in [0.15, 0.2) is 48.5 Å². The molecule has 3 rings (SSSR count). The van der Waals surface area contributed by atoms with Gasteiger partial charge in [-0.1, -0.05) is 0 Å². The van der Waals surface area contributed by atoms with E-state index in [0.29, 0.717) is 10.1 Å². The monoisotopic (exact) mass is 449 g/mol. The number of hydroxylamine groups is 1. The molecule has 2 unspecified atom stereocenters. The van der Waals surface area contributed by atoms with Crippen molar-refractivity contribution in [2.45, 2.75) is 42.8 Å². The van der Waals surface area contributed by atoms with Crippen LogP contribution in [-0.2, 0) is 0 Å². The van der Waals surface area contributed by atoms with Gasteiger partial charge in [-0.25, -0.2) is 0 Å². The van der Waals surface area contributed by atoms with Gasteiger partial charge in [0.25, 0.3) is 0 Å². The normalized spacial score (nSPS) is 21.2. The molecular formula is C22H27NO2SSe. The summed E-state index contributed by atoms with van der Waals surface area (Å²) in [5, 5.41) is 13.4. The second-order valence-corrected chi connectivity index (χ2v) is 10.7. The summed E-state index contributed by atoms with van der Waals surface area (Å²) >= 11 is 2.00. The number of hydrogen-bond donors (Lipinski definition) is 0. The third kappa shape index (κ3) is 4.37. The van der Waals surface area contributed by atoms with E-state index in [1.165, 1.54) is 14.8 Å². The van der Waals surface area contributed by atoms with Gasteiger partial charge in [0.05, 0.1) is 0 Å². The molecule has 0 saturated heterocycles. The molecule has 0 saturated carbocycles. The molecular weight excluding hydrogens is 421 g/mol. The molecule has 0 aliphatic carbocycles. The van der Waals surface area contributed by atoms with E-state index in [1.807, 2.05) is 36.9 Å². The van der Waals surface area contributed by atoms with Crippen molar-refractivity contribution in [2.24, 2.45) is 0 Å². The first-order valence-electron chi connectivity index (χ1n) is 9.27. The van der Waals surface area contributed by atoms with E-state index in [4.69, 9.17) is 4.74 Å². The Bertz CT molecular complexity index is 809. The van der Waals surface area contributed by atoms with Crippen molar-refractivity contribution in [2.75, 3.05) is 13.4 Å². The second kappa shape index (κ2) is 9.18. The van der Waals surface area contributed by atoms with Gasteiger partial charge in [-0.3, -0.25) is 0 Å². The number of nitrogens with zero attached hydrogens (tertiary/aromatic N) is 1. The number of hydrogen-bond acceptors (Lipinski definition) is 3. The topological polar surface area (TPSA) is 35.3 Å². The van der Waals surface area contributed by atoms with E-state index >= 15 is 0 Å². The van der Waals surface area contributed by atoms with Crippen molar-refractivity contribution in [3.8, 4) is 5.75 Å². The van der Waals surface area contributed by atoms with E-state index in [0.717, 1.165) is 29.9 Å². The molecule has 1 aliphatic heterocycles. The van der Waals surface area contributed by atoms with Gasteiger partial charge >= 0.3 is 173 Å². The van der Waals surface area contributed by atoms with Crippen LogP contribution in [0.5, 0.6) is 5.75 Å². The van der Waals surface area contributed by atoms with Crippen molar-refractivity contribution >= 4 is 36.9 Å². The van der Waals surface area contributed by atoms with Gasteiger partial charge in [-0.15, -0.1) is 0 Å². The van der Waals surface area contributed by atoms with Crippen LogP contribution in [0.25, 0.3) is 0 Å². The van der Waals surface area contributed by atoms with Gasteiger partial charge in [0.1, 0.15) is 0 Å². The molecule has 0 radical (unpaired) electrons. The number of thioether (sulfide) groups is 1. The SMILES string of the molecule is COc1cccc([C@H](C)SC)c1[Se]C1CCC(C)=[N+]([O-])C1c1ccccc1. The summed E-state index contributed by atoms with van der Waals surface area (Å²) in [6, 6.07) is 16.5. The molecule has 0 spiro atoms. The zero-order valence-electron chi connectivity index (χ0n) is 16.3. The van der Waals surface area contributed by atoms with Gasteiger partial charge in [-0.2, -0.15) is 0 Å². The van der Waals surface area contributed by atoms with Crippen molar-refractivity contribution in [1.29, 1.82) is 0 Å². The number of rotatable bonds is 6. The third-order valence-electron chi connectivity index (χ3n) is 5.20. The second-order valence-electron chi connectivity index (χ2n) is 6.87. The van der Waals surface area contributed by atoms with E-state index in [-0.39, 0.29) is 21.0 Å². The number of ether oxygens (including phenoxy) is 1. The van der Waals surface area contributed by atoms with Crippen LogP contribution in [0.3, 0.4) is 0 Å². The van der Waals surface area contributed by atoms with E-state index in [9.17, 15) is 5.21 Å². The van der Waals surface area contributed by atoms with Gasteiger partial charge in [0.2, 0.25) is 0 Å². The molecule has 0 fully saturated rings. The minimum absolute atomic E-state index is 0.109. The van der Waals surface area contributed by atoms with Crippen molar-refractivity contribution < 1.29 is 9.48 Å². The molecule has 0 N–H and O–H groups in total. The van der Waals surface area contributed by atoms with Gasteiger partial charge in [0, 0.05) is 0 Å². The zero-order valence-corrected chi connectivity index (χ0v) is 18.9. The van der Waals surface area contributed by atoms with Crippen molar-refractivity contribution in [3.63, 3.8) is 0 Å². The fourth-order valence-corrected chi connectivity index (χ4v) is 7.49. The predicted octanol–water partition coefficient (Wildman–Crippen LogP) is 4.74. The fraction of sp³-hybridized carbons (Fsp3) is 0.409. The average Bonchev–Trinajstić information content (AvgIpc) is 2.71. The summed E-state index contributed by atoms with van der Waals surface area (Å²) < 4.78 is 8.30. The van der Waals surface area contributed by atoms with Crippen LogP contribution in [0.4, 0.5) is 0 Å². The summed E-state index contributed by atoms with van der Waals surface area (Å²) in [5.41, 5.74) is 3.40. The maximum atomic E-state index is 13.0. The molecule has 0 aromatic heterocycles. The summed E-state index contributed by atoms with van der Waals surface area (Å²) in [7, 11) is 1.75. The summed E-state index contributed by atoms with van der Waals surface area (Å²) in [6.45, 7) is 4.21. The Morgan fingerprint density at radius 2 is 1.93 bits per heavy atom. The van der Waals surface area contributed by atoms with Crippen LogP contribution in [0.1, 0.15) is 49.1 Å². The first kappa shape index (κ1) is 20.3. The Morgan fingerprint density at radius 1 is 1.19 bits per heavy atom. The van der Waals surface area contributed by atoms with Crippen LogP contribution in [0.2, 0.25) is 4.82 Å². The first-order valence-corrected chi connectivity index (χ1v) is 12.4. The van der Waals surface area contributed by atoms with Gasteiger partial charge in [0.15, 0.2) is 0 Å². The Hall–Kier alpha value is -1.42. The summed E-state index contributed by atoms with van der Waals surface area (Å²) in [5.74, 6) is 0.962. The Labute approximate surface area is 173 Å². The number of benzene rings is 2. The first-order chi connectivity index (χ1) is 13.1. The Morgan fingerprint density at radius 3 is 2.59 bits per heavy atom. The quantitative estimate of drug-likeness (QED) is 0.364. The molecule has 2 aromatic carbocycles. The van der Waals surface area contributed by atoms with E-state index in [2.05, 4.69) is 43.5 Å². The number of methoxy groups -OCH3 is 1. The Balaban J connectivity index is 2.01. The summed E-state index contributed by atoms with van der Waals surface area (Å²) in [4.78, 5) is 0.324. The molecule has 0 amide bonds. The maximum absolute atomic E-state index is 13.0. The van der Waals surface area contributed by atoms with E-state index < -0.39 is 0 Å². The molecule has 1 heterocycles. The molecule has 3 nitrogen and oxygen atoms in total. The molecule has 144 valence electrons.